The second-order valence-electron chi connectivity index (χ2n) is 4.50. The molecule has 3 rings (SSSR count). The summed E-state index contributed by atoms with van der Waals surface area (Å²) in [5.74, 6) is 0. The lowest BCUT2D eigenvalue weighted by molar-refractivity contribution is 0.611. The Balaban J connectivity index is 1.93. The molecule has 106 valence electrons. The van der Waals surface area contributed by atoms with Gasteiger partial charge in [-0.15, -0.1) is 11.3 Å². The molecule has 0 aliphatic rings. The van der Waals surface area contributed by atoms with Crippen LogP contribution >= 0.6 is 22.0 Å². The molecule has 5 heteroatoms. The van der Waals surface area contributed by atoms with Crippen molar-refractivity contribution in [3.8, 4) is 21.6 Å². The molecule has 2 aromatic carbocycles. The molecule has 0 bridgehead atoms. The number of benzene rings is 2. The van der Waals surface area contributed by atoms with Crippen LogP contribution in [0.4, 0.5) is 0 Å². The van der Waals surface area contributed by atoms with Crippen LogP contribution in [-0.4, -0.2) is 8.42 Å². The van der Waals surface area contributed by atoms with Gasteiger partial charge in [0.2, 0.25) is 0 Å². The highest BCUT2D eigenvalue weighted by molar-refractivity contribution is 8.15. The smallest absolute Gasteiger partial charge is 0.206 e. The van der Waals surface area contributed by atoms with Crippen molar-refractivity contribution in [2.75, 3.05) is 0 Å². The number of halogens is 1. The zero-order chi connectivity index (χ0) is 14.9. The van der Waals surface area contributed by atoms with Crippen LogP contribution in [0.3, 0.4) is 0 Å². The maximum absolute atomic E-state index is 11.3. The van der Waals surface area contributed by atoms with Crippen LogP contribution in [0, 0.1) is 0 Å². The zero-order valence-electron chi connectivity index (χ0n) is 10.9. The van der Waals surface area contributed by atoms with Crippen LogP contribution < -0.4 is 0 Å². The number of hydrogen-bond donors (Lipinski definition) is 0. The molecular weight excluding hydrogens is 324 g/mol. The largest absolute Gasteiger partial charge is 0.270 e. The van der Waals surface area contributed by atoms with Crippen LogP contribution in [0.25, 0.3) is 21.6 Å². The minimum atomic E-state index is -3.65. The fourth-order valence-electron chi connectivity index (χ4n) is 2.06. The first kappa shape index (κ1) is 14.3. The zero-order valence-corrected chi connectivity index (χ0v) is 13.3. The summed E-state index contributed by atoms with van der Waals surface area (Å²) in [6.07, 6.45) is 0. The van der Waals surface area contributed by atoms with Gasteiger partial charge < -0.3 is 0 Å². The Labute approximate surface area is 132 Å². The summed E-state index contributed by atoms with van der Waals surface area (Å²) in [5, 5.41) is 0. The number of thiophene rings is 1. The van der Waals surface area contributed by atoms with Crippen LogP contribution in [0.1, 0.15) is 0 Å². The van der Waals surface area contributed by atoms with Crippen molar-refractivity contribution in [1.29, 1.82) is 0 Å². The summed E-state index contributed by atoms with van der Waals surface area (Å²) in [6, 6.07) is 21.4. The van der Waals surface area contributed by atoms with E-state index in [0.29, 0.717) is 0 Å². The van der Waals surface area contributed by atoms with Gasteiger partial charge in [0.25, 0.3) is 9.05 Å². The van der Waals surface area contributed by atoms with Crippen molar-refractivity contribution >= 4 is 31.1 Å². The van der Waals surface area contributed by atoms with Gasteiger partial charge in [-0.05, 0) is 28.8 Å². The molecule has 0 radical (unpaired) electrons. The minimum Gasteiger partial charge on any atom is -0.206 e. The van der Waals surface area contributed by atoms with Gasteiger partial charge in [-0.1, -0.05) is 54.6 Å². The fourth-order valence-corrected chi connectivity index (χ4v) is 4.14. The Bertz CT molecular complexity index is 851. The van der Waals surface area contributed by atoms with Crippen molar-refractivity contribution in [2.45, 2.75) is 4.21 Å². The molecule has 0 amide bonds. The third-order valence-corrected chi connectivity index (χ3v) is 6.33. The summed E-state index contributed by atoms with van der Waals surface area (Å²) in [7, 11) is 1.70. The molecule has 0 N–H and O–H groups in total. The SMILES string of the molecule is O=S(=O)(Cl)c1ccc(-c2ccc(-c3ccccc3)cc2)s1. The van der Waals surface area contributed by atoms with Crippen LogP contribution in [-0.2, 0) is 9.05 Å². The van der Waals surface area contributed by atoms with Crippen LogP contribution in [0.2, 0.25) is 0 Å². The topological polar surface area (TPSA) is 34.1 Å². The molecule has 2 nitrogen and oxygen atoms in total. The Hall–Kier alpha value is -1.62. The first-order valence-corrected chi connectivity index (χ1v) is 9.37. The second-order valence-corrected chi connectivity index (χ2v) is 8.38. The van der Waals surface area contributed by atoms with Gasteiger partial charge in [0.05, 0.1) is 0 Å². The normalized spacial score (nSPS) is 11.5. The number of rotatable bonds is 3. The van der Waals surface area contributed by atoms with E-state index < -0.39 is 9.05 Å². The Morgan fingerprint density at radius 2 is 1.29 bits per heavy atom. The molecule has 0 spiro atoms. The molecule has 0 atom stereocenters. The van der Waals surface area contributed by atoms with Gasteiger partial charge in [-0.2, -0.15) is 0 Å². The van der Waals surface area contributed by atoms with E-state index in [9.17, 15) is 8.42 Å². The second kappa shape index (κ2) is 5.64. The minimum absolute atomic E-state index is 0.173. The first-order chi connectivity index (χ1) is 10.0. The van der Waals surface area contributed by atoms with E-state index in [1.807, 2.05) is 42.5 Å². The van der Waals surface area contributed by atoms with Gasteiger partial charge in [0.1, 0.15) is 4.21 Å². The van der Waals surface area contributed by atoms with E-state index in [0.717, 1.165) is 21.6 Å². The van der Waals surface area contributed by atoms with Gasteiger partial charge in [0.15, 0.2) is 0 Å². The highest BCUT2D eigenvalue weighted by Crippen LogP contribution is 2.33. The molecule has 0 saturated carbocycles. The molecule has 0 aliphatic carbocycles. The molecule has 1 aromatic heterocycles. The van der Waals surface area contributed by atoms with E-state index in [4.69, 9.17) is 10.7 Å². The maximum Gasteiger partial charge on any atom is 0.270 e. The molecule has 1 heterocycles. The number of hydrogen-bond acceptors (Lipinski definition) is 3. The van der Waals surface area contributed by atoms with E-state index >= 15 is 0 Å². The van der Waals surface area contributed by atoms with E-state index in [1.165, 1.54) is 17.4 Å². The standard InChI is InChI=1S/C16H11ClO2S2/c17-21(18,19)16-11-10-15(20-16)14-8-6-13(7-9-14)12-4-2-1-3-5-12/h1-11H. The van der Waals surface area contributed by atoms with Gasteiger partial charge in [0, 0.05) is 15.6 Å². The van der Waals surface area contributed by atoms with Gasteiger partial charge >= 0.3 is 0 Å². The quantitative estimate of drug-likeness (QED) is 0.631. The van der Waals surface area contributed by atoms with Gasteiger partial charge in [-0.25, -0.2) is 8.42 Å². The predicted molar refractivity (Wildman–Crippen MR) is 88.2 cm³/mol. The van der Waals surface area contributed by atoms with Crippen molar-refractivity contribution < 1.29 is 8.42 Å². The molecule has 3 aromatic rings. The molecular formula is C16H11ClO2S2. The lowest BCUT2D eigenvalue weighted by Crippen LogP contribution is -1.83. The summed E-state index contributed by atoms with van der Waals surface area (Å²) in [5.41, 5.74) is 3.26. The molecule has 0 fully saturated rings. The Morgan fingerprint density at radius 3 is 1.86 bits per heavy atom. The predicted octanol–water partition coefficient (Wildman–Crippen LogP) is 5.01. The van der Waals surface area contributed by atoms with E-state index in [1.54, 1.807) is 6.07 Å². The Kier molecular flexibility index (Phi) is 3.85. The van der Waals surface area contributed by atoms with E-state index in [-0.39, 0.29) is 4.21 Å². The summed E-state index contributed by atoms with van der Waals surface area (Å²) < 4.78 is 22.8. The lowest BCUT2D eigenvalue weighted by atomic mass is 10.0. The Morgan fingerprint density at radius 1 is 0.714 bits per heavy atom. The van der Waals surface area contributed by atoms with Crippen LogP contribution in [0.15, 0.2) is 70.9 Å². The summed E-state index contributed by atoms with van der Waals surface area (Å²) >= 11 is 1.17. The fraction of sp³-hybridized carbons (Fsp3) is 0. The monoisotopic (exact) mass is 334 g/mol. The summed E-state index contributed by atoms with van der Waals surface area (Å²) in [4.78, 5) is 0.883. The summed E-state index contributed by atoms with van der Waals surface area (Å²) in [6.45, 7) is 0. The third-order valence-electron chi connectivity index (χ3n) is 3.10. The maximum atomic E-state index is 11.3. The van der Waals surface area contributed by atoms with Crippen molar-refractivity contribution in [3.05, 3.63) is 66.7 Å². The molecule has 21 heavy (non-hydrogen) atoms. The lowest BCUT2D eigenvalue weighted by Gasteiger charge is -2.03. The molecule has 0 unspecified atom stereocenters. The van der Waals surface area contributed by atoms with Crippen LogP contribution in [0.5, 0.6) is 0 Å². The average molecular weight is 335 g/mol. The highest BCUT2D eigenvalue weighted by atomic mass is 35.7. The van der Waals surface area contributed by atoms with Gasteiger partial charge in [-0.3, -0.25) is 0 Å². The average Bonchev–Trinajstić information content (AvgIpc) is 2.98. The van der Waals surface area contributed by atoms with E-state index in [2.05, 4.69) is 12.1 Å². The highest BCUT2D eigenvalue weighted by Gasteiger charge is 2.13. The van der Waals surface area contributed by atoms with Crippen molar-refractivity contribution in [1.82, 2.24) is 0 Å². The molecule has 0 aliphatic heterocycles. The third kappa shape index (κ3) is 3.18. The van der Waals surface area contributed by atoms with Crippen molar-refractivity contribution in [2.24, 2.45) is 0 Å². The molecule has 0 saturated heterocycles. The van der Waals surface area contributed by atoms with Crippen molar-refractivity contribution in [3.63, 3.8) is 0 Å². The first-order valence-electron chi connectivity index (χ1n) is 6.24.